The molecular formula is C14H14BrFN2O2. The summed E-state index contributed by atoms with van der Waals surface area (Å²) in [4.78, 5) is 10.9. The van der Waals surface area contributed by atoms with Crippen molar-refractivity contribution >= 4 is 22.2 Å². The van der Waals surface area contributed by atoms with E-state index in [1.165, 1.54) is 12.1 Å². The third kappa shape index (κ3) is 2.90. The molecule has 106 valence electrons. The number of hydrogen-bond donors (Lipinski definition) is 0. The molecule has 0 bridgehead atoms. The molecular weight excluding hydrogens is 327 g/mol. The van der Waals surface area contributed by atoms with Crippen molar-refractivity contribution in [2.75, 3.05) is 0 Å². The first-order valence-electron chi connectivity index (χ1n) is 6.16. The molecule has 0 aliphatic heterocycles. The maximum Gasteiger partial charge on any atom is 0.153 e. The molecule has 4 nitrogen and oxygen atoms in total. The van der Waals surface area contributed by atoms with Crippen LogP contribution in [0.3, 0.4) is 0 Å². The lowest BCUT2D eigenvalue weighted by Gasteiger charge is -2.10. The minimum Gasteiger partial charge on any atom is -0.487 e. The fourth-order valence-corrected chi connectivity index (χ4v) is 2.29. The van der Waals surface area contributed by atoms with Crippen LogP contribution in [0.2, 0.25) is 0 Å². The molecule has 2 rings (SSSR count). The Labute approximate surface area is 124 Å². The molecule has 0 saturated heterocycles. The van der Waals surface area contributed by atoms with Crippen molar-refractivity contribution in [1.82, 2.24) is 9.78 Å². The molecule has 0 saturated carbocycles. The standard InChI is InChI=1S/C14H14BrFN2O2/c1-3-18-12(14(15)9(2)17-18)8-20-13-5-4-11(16)6-10(13)7-19/h4-7H,3,8H2,1-2H3. The Morgan fingerprint density at radius 3 is 2.90 bits per heavy atom. The SMILES string of the molecule is CCn1nc(C)c(Br)c1COc1ccc(F)cc1C=O. The molecule has 1 aromatic heterocycles. The van der Waals surface area contributed by atoms with Crippen molar-refractivity contribution in [3.05, 3.63) is 45.4 Å². The van der Waals surface area contributed by atoms with Gasteiger partial charge in [0.25, 0.3) is 0 Å². The zero-order valence-electron chi connectivity index (χ0n) is 11.2. The first kappa shape index (κ1) is 14.7. The van der Waals surface area contributed by atoms with Gasteiger partial charge in [-0.1, -0.05) is 0 Å². The van der Waals surface area contributed by atoms with E-state index in [2.05, 4.69) is 21.0 Å². The second-order valence-electron chi connectivity index (χ2n) is 4.25. The number of aromatic nitrogens is 2. The normalized spacial score (nSPS) is 10.6. The van der Waals surface area contributed by atoms with Gasteiger partial charge in [0, 0.05) is 6.54 Å². The van der Waals surface area contributed by atoms with Crippen LogP contribution in [0.15, 0.2) is 22.7 Å². The summed E-state index contributed by atoms with van der Waals surface area (Å²) in [6.45, 7) is 4.85. The topological polar surface area (TPSA) is 44.1 Å². The minimum absolute atomic E-state index is 0.195. The molecule has 0 radical (unpaired) electrons. The molecule has 0 spiro atoms. The third-order valence-electron chi connectivity index (χ3n) is 2.92. The number of aldehydes is 1. The fraction of sp³-hybridized carbons (Fsp3) is 0.286. The van der Waals surface area contributed by atoms with Gasteiger partial charge in [-0.25, -0.2) is 4.39 Å². The number of carbonyl (C=O) groups excluding carboxylic acids is 1. The number of rotatable bonds is 5. The first-order chi connectivity index (χ1) is 9.56. The Morgan fingerprint density at radius 1 is 1.50 bits per heavy atom. The maximum absolute atomic E-state index is 13.0. The number of carbonyl (C=O) groups is 1. The molecule has 0 aliphatic rings. The van der Waals surface area contributed by atoms with Crippen molar-refractivity contribution < 1.29 is 13.9 Å². The molecule has 0 atom stereocenters. The first-order valence-corrected chi connectivity index (χ1v) is 6.95. The summed E-state index contributed by atoms with van der Waals surface area (Å²) in [6.07, 6.45) is 0.579. The number of hydrogen-bond acceptors (Lipinski definition) is 3. The summed E-state index contributed by atoms with van der Waals surface area (Å²) in [7, 11) is 0. The number of aryl methyl sites for hydroxylation is 2. The van der Waals surface area contributed by atoms with E-state index in [0.29, 0.717) is 12.0 Å². The van der Waals surface area contributed by atoms with E-state index < -0.39 is 5.82 Å². The highest BCUT2D eigenvalue weighted by molar-refractivity contribution is 9.10. The lowest BCUT2D eigenvalue weighted by Crippen LogP contribution is -2.07. The lowest BCUT2D eigenvalue weighted by atomic mass is 10.2. The van der Waals surface area contributed by atoms with Crippen LogP contribution in [0, 0.1) is 12.7 Å². The van der Waals surface area contributed by atoms with Gasteiger partial charge < -0.3 is 4.74 Å². The molecule has 1 heterocycles. The van der Waals surface area contributed by atoms with Gasteiger partial charge in [0.2, 0.25) is 0 Å². The quantitative estimate of drug-likeness (QED) is 0.782. The van der Waals surface area contributed by atoms with Gasteiger partial charge in [-0.2, -0.15) is 5.10 Å². The number of halogens is 2. The van der Waals surface area contributed by atoms with Crippen LogP contribution < -0.4 is 4.74 Å². The molecule has 0 fully saturated rings. The van der Waals surface area contributed by atoms with Crippen molar-refractivity contribution in [3.63, 3.8) is 0 Å². The molecule has 20 heavy (non-hydrogen) atoms. The van der Waals surface area contributed by atoms with Crippen molar-refractivity contribution in [3.8, 4) is 5.75 Å². The predicted molar refractivity (Wildman–Crippen MR) is 76.5 cm³/mol. The number of ether oxygens (including phenoxy) is 1. The maximum atomic E-state index is 13.0. The highest BCUT2D eigenvalue weighted by Crippen LogP contribution is 2.24. The summed E-state index contributed by atoms with van der Waals surface area (Å²) >= 11 is 3.47. The Morgan fingerprint density at radius 2 is 2.25 bits per heavy atom. The zero-order valence-corrected chi connectivity index (χ0v) is 12.8. The predicted octanol–water partition coefficient (Wildman–Crippen LogP) is 3.50. The van der Waals surface area contributed by atoms with Crippen molar-refractivity contribution in [2.24, 2.45) is 0 Å². The Balaban J connectivity index is 2.23. The number of nitrogens with zero attached hydrogens (tertiary/aromatic N) is 2. The Kier molecular flexibility index (Phi) is 4.54. The summed E-state index contributed by atoms with van der Waals surface area (Å²) < 4.78 is 21.4. The summed E-state index contributed by atoms with van der Waals surface area (Å²) in [5.41, 5.74) is 1.95. The molecule has 1 aromatic carbocycles. The van der Waals surface area contributed by atoms with Crippen LogP contribution in [0.5, 0.6) is 5.75 Å². The number of benzene rings is 1. The van der Waals surface area contributed by atoms with Crippen LogP contribution in [0.4, 0.5) is 4.39 Å². The third-order valence-corrected chi connectivity index (χ3v) is 3.95. The molecule has 0 unspecified atom stereocenters. The lowest BCUT2D eigenvalue weighted by molar-refractivity contribution is 0.111. The van der Waals surface area contributed by atoms with Gasteiger partial charge in [0.1, 0.15) is 18.2 Å². The monoisotopic (exact) mass is 340 g/mol. The fourth-order valence-electron chi connectivity index (χ4n) is 1.90. The van der Waals surface area contributed by atoms with E-state index >= 15 is 0 Å². The van der Waals surface area contributed by atoms with Crippen molar-refractivity contribution in [2.45, 2.75) is 27.0 Å². The van der Waals surface area contributed by atoms with Crippen LogP contribution >= 0.6 is 15.9 Å². The van der Waals surface area contributed by atoms with E-state index in [1.807, 2.05) is 18.5 Å². The summed E-state index contributed by atoms with van der Waals surface area (Å²) in [5.74, 6) is -0.107. The average molecular weight is 341 g/mol. The second kappa shape index (κ2) is 6.17. The van der Waals surface area contributed by atoms with Gasteiger partial charge in [-0.15, -0.1) is 0 Å². The van der Waals surface area contributed by atoms with Gasteiger partial charge in [-0.3, -0.25) is 9.48 Å². The van der Waals surface area contributed by atoms with E-state index in [0.717, 1.165) is 28.5 Å². The average Bonchev–Trinajstić information content (AvgIpc) is 2.72. The van der Waals surface area contributed by atoms with E-state index in [9.17, 15) is 9.18 Å². The van der Waals surface area contributed by atoms with Gasteiger partial charge >= 0.3 is 0 Å². The van der Waals surface area contributed by atoms with Gasteiger partial charge in [0.15, 0.2) is 6.29 Å². The van der Waals surface area contributed by atoms with E-state index in [-0.39, 0.29) is 12.2 Å². The van der Waals surface area contributed by atoms with Crippen LogP contribution in [0.25, 0.3) is 0 Å². The highest BCUT2D eigenvalue weighted by atomic mass is 79.9. The Hall–Kier alpha value is -1.69. The van der Waals surface area contributed by atoms with E-state index in [1.54, 1.807) is 0 Å². The second-order valence-corrected chi connectivity index (χ2v) is 5.04. The van der Waals surface area contributed by atoms with Gasteiger partial charge in [0.05, 0.1) is 21.4 Å². The van der Waals surface area contributed by atoms with Crippen LogP contribution in [0.1, 0.15) is 28.7 Å². The van der Waals surface area contributed by atoms with E-state index in [4.69, 9.17) is 4.74 Å². The largest absolute Gasteiger partial charge is 0.487 e. The van der Waals surface area contributed by atoms with Gasteiger partial charge in [-0.05, 0) is 48.0 Å². The summed E-state index contributed by atoms with van der Waals surface area (Å²) in [6, 6.07) is 3.87. The van der Waals surface area contributed by atoms with Crippen LogP contribution in [-0.2, 0) is 13.2 Å². The molecule has 6 heteroatoms. The molecule has 0 N–H and O–H groups in total. The van der Waals surface area contributed by atoms with Crippen LogP contribution in [-0.4, -0.2) is 16.1 Å². The Bertz CT molecular complexity index is 640. The zero-order chi connectivity index (χ0) is 14.7. The van der Waals surface area contributed by atoms with Crippen molar-refractivity contribution in [1.29, 1.82) is 0 Å². The molecule has 0 aliphatic carbocycles. The molecule has 0 amide bonds. The highest BCUT2D eigenvalue weighted by Gasteiger charge is 2.13. The minimum atomic E-state index is -0.463. The molecule has 2 aromatic rings. The smallest absolute Gasteiger partial charge is 0.153 e. The summed E-state index contributed by atoms with van der Waals surface area (Å²) in [5, 5.41) is 4.36.